The molecule has 0 saturated carbocycles. The third-order valence-corrected chi connectivity index (χ3v) is 10.2. The van der Waals surface area contributed by atoms with Crippen LogP contribution in [-0.2, 0) is 25.7 Å². The van der Waals surface area contributed by atoms with E-state index in [9.17, 15) is 5.11 Å². The topological polar surface area (TPSA) is 85.2 Å². The van der Waals surface area contributed by atoms with E-state index in [-0.39, 0.29) is 20.1 Å². The zero-order chi connectivity index (χ0) is 40.0. The first-order chi connectivity index (χ1) is 29.0. The van der Waals surface area contributed by atoms with Gasteiger partial charge >= 0.3 is 0 Å². The first-order valence-corrected chi connectivity index (χ1v) is 19.3. The molecule has 11 rings (SSSR count). The smallest absolute Gasteiger partial charge is 0.129 e. The Morgan fingerprint density at radius 1 is 0.450 bits per heavy atom. The molecule has 1 unspecified atom stereocenters. The van der Waals surface area contributed by atoms with Gasteiger partial charge in [-0.05, 0) is 71.4 Å². The number of para-hydroxylation sites is 2. The monoisotopic (exact) mass is 956 g/mol. The quantitative estimate of drug-likeness (QED) is 0.173. The van der Waals surface area contributed by atoms with Crippen LogP contribution in [0, 0.1) is 12.1 Å². The van der Waals surface area contributed by atoms with E-state index < -0.39 is 5.60 Å². The fourth-order valence-electron chi connectivity index (χ4n) is 7.20. The van der Waals surface area contributed by atoms with Crippen LogP contribution in [-0.4, -0.2) is 20.1 Å². The zero-order valence-corrected chi connectivity index (χ0v) is 34.9. The minimum Gasteiger partial charge on any atom is -0.501 e. The number of furan rings is 2. The van der Waals surface area contributed by atoms with E-state index in [0.29, 0.717) is 5.69 Å². The number of aromatic nitrogens is 3. The van der Waals surface area contributed by atoms with E-state index in [2.05, 4.69) is 51.4 Å². The maximum atomic E-state index is 10.8. The van der Waals surface area contributed by atoms with Crippen molar-refractivity contribution in [3.05, 3.63) is 224 Å². The molecule has 1 radical (unpaired) electrons. The molecule has 0 aliphatic rings. The van der Waals surface area contributed by atoms with Crippen LogP contribution < -0.4 is 0 Å². The van der Waals surface area contributed by atoms with Crippen molar-refractivity contribution in [1.29, 1.82) is 0 Å². The van der Waals surface area contributed by atoms with Crippen LogP contribution in [0.4, 0.5) is 0 Å². The van der Waals surface area contributed by atoms with Gasteiger partial charge in [0.1, 0.15) is 16.8 Å². The van der Waals surface area contributed by atoms with Crippen LogP contribution >= 0.6 is 0 Å². The largest absolute Gasteiger partial charge is 0.501 e. The minimum atomic E-state index is -1.09. The summed E-state index contributed by atoms with van der Waals surface area (Å²) in [5, 5.41) is 15.2. The van der Waals surface area contributed by atoms with E-state index in [1.807, 2.05) is 158 Å². The number of rotatable bonds is 5. The van der Waals surface area contributed by atoms with E-state index in [1.165, 1.54) is 5.56 Å². The first kappa shape index (κ1) is 39.8. The van der Waals surface area contributed by atoms with Crippen molar-refractivity contribution in [2.75, 3.05) is 0 Å². The summed E-state index contributed by atoms with van der Waals surface area (Å²) in [4.78, 5) is 13.0. The molecule has 1 atom stereocenters. The second-order valence-corrected chi connectivity index (χ2v) is 14.0. The van der Waals surface area contributed by atoms with Gasteiger partial charge in [-0.3, -0.25) is 4.98 Å². The molecular formula is C53H37IrN3O3-2. The fourth-order valence-corrected chi connectivity index (χ4v) is 7.20. The number of benzene rings is 6. The molecule has 0 aliphatic heterocycles. The molecule has 6 nitrogen and oxygen atoms in total. The molecule has 5 aromatic heterocycles. The number of fused-ring (bicyclic) bond motifs is 6. The molecule has 0 saturated heterocycles. The molecule has 0 fully saturated rings. The van der Waals surface area contributed by atoms with Crippen LogP contribution in [0.15, 0.2) is 209 Å². The van der Waals surface area contributed by atoms with Gasteiger partial charge in [0.05, 0.1) is 16.9 Å². The second-order valence-electron chi connectivity index (χ2n) is 14.0. The molecule has 11 aromatic rings. The maximum absolute atomic E-state index is 10.8. The van der Waals surface area contributed by atoms with Gasteiger partial charge in [-0.1, -0.05) is 143 Å². The van der Waals surface area contributed by atoms with Gasteiger partial charge in [-0.2, -0.15) is 0 Å². The van der Waals surface area contributed by atoms with Gasteiger partial charge in [-0.25, -0.2) is 0 Å². The predicted molar refractivity (Wildman–Crippen MR) is 236 cm³/mol. The molecule has 1 N–H and O–H groups in total. The molecule has 0 spiro atoms. The van der Waals surface area contributed by atoms with Crippen LogP contribution in [0.3, 0.4) is 0 Å². The van der Waals surface area contributed by atoms with Crippen LogP contribution in [0.5, 0.6) is 0 Å². The van der Waals surface area contributed by atoms with Crippen molar-refractivity contribution in [3.63, 3.8) is 0 Å². The summed E-state index contributed by atoms with van der Waals surface area (Å²) in [6.07, 6.45) is 5.26. The molecule has 6 aromatic carbocycles. The Labute approximate surface area is 361 Å². The third-order valence-electron chi connectivity index (χ3n) is 10.2. The van der Waals surface area contributed by atoms with Crippen molar-refractivity contribution >= 4 is 43.9 Å². The summed E-state index contributed by atoms with van der Waals surface area (Å²) < 4.78 is 11.9. The molecule has 60 heavy (non-hydrogen) atoms. The van der Waals surface area contributed by atoms with Crippen molar-refractivity contribution in [2.24, 2.45) is 0 Å². The Kier molecular flexibility index (Phi) is 11.8. The summed E-state index contributed by atoms with van der Waals surface area (Å²) in [5.74, 6) is 0. The Hall–Kier alpha value is -7.02. The number of aliphatic hydroxyl groups is 1. The molecule has 0 bridgehead atoms. The standard InChI is InChI=1S/C19H17NO.2C17H10NO.Ir/c1-19(21,18-9-5-6-14-20-18)17-12-10-16(11-13-17)15-7-3-2-4-8-15;2*1-2-10-16-12(6-1)13-7-5-8-14(17(13)19-16)15-9-3-4-11-18-15;/h2-14,21H,1H3;2*1-7,9-11H;/q;2*-1;. The van der Waals surface area contributed by atoms with Gasteiger partial charge in [0.15, 0.2) is 0 Å². The third kappa shape index (κ3) is 8.15. The van der Waals surface area contributed by atoms with E-state index in [4.69, 9.17) is 8.83 Å². The first-order valence-electron chi connectivity index (χ1n) is 19.3. The molecule has 0 amide bonds. The molecule has 293 valence electrons. The van der Waals surface area contributed by atoms with Crippen LogP contribution in [0.2, 0.25) is 0 Å². The predicted octanol–water partition coefficient (Wildman–Crippen LogP) is 12.9. The summed E-state index contributed by atoms with van der Waals surface area (Å²) in [6.45, 7) is 1.77. The molecule has 5 heterocycles. The van der Waals surface area contributed by atoms with E-state index >= 15 is 0 Å². The van der Waals surface area contributed by atoms with E-state index in [1.54, 1.807) is 25.5 Å². The Morgan fingerprint density at radius 2 is 0.900 bits per heavy atom. The van der Waals surface area contributed by atoms with Crippen molar-refractivity contribution < 1.29 is 34.0 Å². The number of hydrogen-bond acceptors (Lipinski definition) is 6. The van der Waals surface area contributed by atoms with Gasteiger partial charge in [0, 0.05) is 49.5 Å². The average Bonchev–Trinajstić information content (AvgIpc) is 3.90. The van der Waals surface area contributed by atoms with Gasteiger partial charge < -0.3 is 23.9 Å². The van der Waals surface area contributed by atoms with Gasteiger partial charge in [0.2, 0.25) is 0 Å². The maximum Gasteiger partial charge on any atom is 0.129 e. The molecule has 0 aliphatic carbocycles. The molecular weight excluding hydrogens is 919 g/mol. The summed E-state index contributed by atoms with van der Waals surface area (Å²) in [7, 11) is 0. The van der Waals surface area contributed by atoms with Gasteiger partial charge in [-0.15, -0.1) is 36.4 Å². The van der Waals surface area contributed by atoms with Crippen molar-refractivity contribution in [1.82, 2.24) is 15.0 Å². The number of nitrogens with zero attached hydrogens (tertiary/aromatic N) is 3. The average molecular weight is 956 g/mol. The molecule has 7 heteroatoms. The number of hydrogen-bond donors (Lipinski definition) is 1. The number of pyridine rings is 3. The Bertz CT molecular complexity index is 2960. The van der Waals surface area contributed by atoms with E-state index in [0.717, 1.165) is 77.5 Å². The zero-order valence-electron chi connectivity index (χ0n) is 32.5. The Morgan fingerprint density at radius 3 is 1.38 bits per heavy atom. The summed E-state index contributed by atoms with van der Waals surface area (Å²) in [5.41, 5.74) is 9.78. The van der Waals surface area contributed by atoms with Crippen molar-refractivity contribution in [3.8, 4) is 33.6 Å². The second kappa shape index (κ2) is 17.9. The fraction of sp³-hybridized carbons (Fsp3) is 0.0377. The van der Waals surface area contributed by atoms with Gasteiger partial charge in [0.25, 0.3) is 0 Å². The normalized spacial score (nSPS) is 11.8. The summed E-state index contributed by atoms with van der Waals surface area (Å²) in [6, 6.07) is 65.9. The SMILES string of the molecule is CC(O)(c1ccc(-c2ccccc2)cc1)c1ccccn1.[Ir].[c-]1ccc2c(oc3ccccc32)c1-c1ccccn1.[c-]1ccc2c(oc3ccccc32)c1-c1ccccn1. The van der Waals surface area contributed by atoms with Crippen LogP contribution in [0.25, 0.3) is 77.5 Å². The van der Waals surface area contributed by atoms with Crippen molar-refractivity contribution in [2.45, 2.75) is 12.5 Å². The Balaban J connectivity index is 0.000000124. The summed E-state index contributed by atoms with van der Waals surface area (Å²) >= 11 is 0. The van der Waals surface area contributed by atoms with Crippen LogP contribution in [0.1, 0.15) is 18.2 Å². The minimum absolute atomic E-state index is 0.